The molecule has 4 rings (SSSR count). The molecule has 1 unspecified atom stereocenters. The second-order valence-electron chi connectivity index (χ2n) is 5.93. The number of fused-ring (bicyclic) bond motifs is 1. The molecule has 2 aromatic heterocycles. The summed E-state index contributed by atoms with van der Waals surface area (Å²) in [4.78, 5) is 17.9. The summed E-state index contributed by atoms with van der Waals surface area (Å²) in [5.41, 5.74) is 4.64. The molecule has 0 saturated carbocycles. The Morgan fingerprint density at radius 2 is 2.04 bits per heavy atom. The molecule has 6 nitrogen and oxygen atoms in total. The standard InChI is InChI=1S/C17H18N6/c18-23-7-6-13(10-23)16-14(8-12-4-2-1-3-5-12)22-17-15(21-16)9-19-11-20-17/h1-5,9,11,13H,6-8,10,18H2. The molecular formula is C17H18N6. The quantitative estimate of drug-likeness (QED) is 0.741. The van der Waals surface area contributed by atoms with Gasteiger partial charge in [0.25, 0.3) is 0 Å². The first-order chi connectivity index (χ1) is 11.3. The molecule has 116 valence electrons. The van der Waals surface area contributed by atoms with Gasteiger partial charge in [-0.05, 0) is 12.0 Å². The first-order valence-corrected chi connectivity index (χ1v) is 7.79. The summed E-state index contributed by atoms with van der Waals surface area (Å²) in [6, 6.07) is 10.3. The predicted octanol–water partition coefficient (Wildman–Crippen LogP) is 1.67. The van der Waals surface area contributed by atoms with Crippen molar-refractivity contribution in [3.05, 3.63) is 59.8 Å². The van der Waals surface area contributed by atoms with Crippen molar-refractivity contribution in [2.45, 2.75) is 18.8 Å². The molecule has 23 heavy (non-hydrogen) atoms. The van der Waals surface area contributed by atoms with E-state index in [1.54, 1.807) is 6.20 Å². The Kier molecular flexibility index (Phi) is 3.69. The van der Waals surface area contributed by atoms with Crippen molar-refractivity contribution in [3.8, 4) is 0 Å². The average molecular weight is 306 g/mol. The van der Waals surface area contributed by atoms with Crippen molar-refractivity contribution in [2.75, 3.05) is 13.1 Å². The lowest BCUT2D eigenvalue weighted by Crippen LogP contribution is -2.27. The molecule has 1 aliphatic rings. The molecule has 0 spiro atoms. The second-order valence-corrected chi connectivity index (χ2v) is 5.93. The minimum atomic E-state index is 0.316. The third kappa shape index (κ3) is 2.91. The average Bonchev–Trinajstić information content (AvgIpc) is 3.01. The van der Waals surface area contributed by atoms with E-state index in [1.807, 2.05) is 23.2 Å². The van der Waals surface area contributed by atoms with Crippen LogP contribution in [0.3, 0.4) is 0 Å². The highest BCUT2D eigenvalue weighted by molar-refractivity contribution is 5.68. The Morgan fingerprint density at radius 3 is 2.83 bits per heavy atom. The zero-order chi connectivity index (χ0) is 15.6. The van der Waals surface area contributed by atoms with Crippen molar-refractivity contribution >= 4 is 11.2 Å². The molecule has 2 N–H and O–H groups in total. The van der Waals surface area contributed by atoms with Crippen molar-refractivity contribution < 1.29 is 0 Å². The summed E-state index contributed by atoms with van der Waals surface area (Å²) < 4.78 is 0. The molecule has 1 fully saturated rings. The monoisotopic (exact) mass is 306 g/mol. The summed E-state index contributed by atoms with van der Waals surface area (Å²) >= 11 is 0. The fraction of sp³-hybridized carbons (Fsp3) is 0.294. The van der Waals surface area contributed by atoms with E-state index in [1.165, 1.54) is 11.9 Å². The third-order valence-electron chi connectivity index (χ3n) is 4.27. The lowest BCUT2D eigenvalue weighted by Gasteiger charge is -2.15. The van der Waals surface area contributed by atoms with Crippen LogP contribution in [0.2, 0.25) is 0 Å². The molecule has 0 aliphatic carbocycles. The van der Waals surface area contributed by atoms with Gasteiger partial charge in [0.05, 0.1) is 17.6 Å². The number of benzene rings is 1. The first kappa shape index (κ1) is 14.2. The molecule has 6 heteroatoms. The van der Waals surface area contributed by atoms with E-state index in [9.17, 15) is 0 Å². The maximum absolute atomic E-state index is 5.94. The molecule has 1 atom stereocenters. The van der Waals surface area contributed by atoms with Crippen LogP contribution in [0, 0.1) is 0 Å². The topological polar surface area (TPSA) is 80.8 Å². The lowest BCUT2D eigenvalue weighted by atomic mass is 9.98. The van der Waals surface area contributed by atoms with Crippen molar-refractivity contribution in [3.63, 3.8) is 0 Å². The van der Waals surface area contributed by atoms with Gasteiger partial charge in [-0.2, -0.15) is 0 Å². The Bertz CT molecular complexity index is 820. The van der Waals surface area contributed by atoms with Gasteiger partial charge in [-0.15, -0.1) is 0 Å². The van der Waals surface area contributed by atoms with E-state index in [0.29, 0.717) is 11.6 Å². The summed E-state index contributed by atoms with van der Waals surface area (Å²) in [5.74, 6) is 6.25. The Labute approximate surface area is 134 Å². The van der Waals surface area contributed by atoms with Gasteiger partial charge in [-0.1, -0.05) is 30.3 Å². The molecule has 3 heterocycles. The Hall–Kier alpha value is -2.44. The van der Waals surface area contributed by atoms with Crippen LogP contribution in [0.5, 0.6) is 0 Å². The largest absolute Gasteiger partial charge is 0.269 e. The van der Waals surface area contributed by atoms with Gasteiger partial charge in [0.1, 0.15) is 11.8 Å². The van der Waals surface area contributed by atoms with E-state index >= 15 is 0 Å². The van der Waals surface area contributed by atoms with E-state index < -0.39 is 0 Å². The number of aromatic nitrogens is 4. The maximum atomic E-state index is 5.94. The van der Waals surface area contributed by atoms with Crippen LogP contribution in [0.1, 0.15) is 29.3 Å². The molecular weight excluding hydrogens is 288 g/mol. The van der Waals surface area contributed by atoms with Crippen molar-refractivity contribution in [1.82, 2.24) is 24.9 Å². The van der Waals surface area contributed by atoms with Crippen LogP contribution in [0.15, 0.2) is 42.9 Å². The minimum Gasteiger partial charge on any atom is -0.269 e. The molecule has 1 aromatic carbocycles. The molecule has 0 radical (unpaired) electrons. The van der Waals surface area contributed by atoms with E-state index in [2.05, 4.69) is 22.1 Å². The van der Waals surface area contributed by atoms with Crippen LogP contribution in [-0.4, -0.2) is 38.0 Å². The van der Waals surface area contributed by atoms with E-state index in [4.69, 9.17) is 15.8 Å². The lowest BCUT2D eigenvalue weighted by molar-refractivity contribution is 0.349. The highest BCUT2D eigenvalue weighted by Crippen LogP contribution is 2.28. The van der Waals surface area contributed by atoms with Gasteiger partial charge in [-0.3, -0.25) is 5.84 Å². The molecule has 1 saturated heterocycles. The fourth-order valence-electron chi connectivity index (χ4n) is 3.12. The number of rotatable bonds is 3. The number of hydrogen-bond acceptors (Lipinski definition) is 6. The van der Waals surface area contributed by atoms with Crippen LogP contribution in [0.25, 0.3) is 11.2 Å². The highest BCUT2D eigenvalue weighted by Gasteiger charge is 2.26. The summed E-state index contributed by atoms with van der Waals surface area (Å²) in [5, 5.41) is 1.85. The third-order valence-corrected chi connectivity index (χ3v) is 4.27. The van der Waals surface area contributed by atoms with E-state index in [-0.39, 0.29) is 0 Å². The number of hydrazine groups is 1. The first-order valence-electron chi connectivity index (χ1n) is 7.79. The molecule has 0 bridgehead atoms. The molecule has 3 aromatic rings. The normalized spacial score (nSPS) is 18.6. The summed E-state index contributed by atoms with van der Waals surface area (Å²) in [6.07, 6.45) is 5.00. The van der Waals surface area contributed by atoms with Gasteiger partial charge < -0.3 is 0 Å². The summed E-state index contributed by atoms with van der Waals surface area (Å²) in [6.45, 7) is 1.70. The van der Waals surface area contributed by atoms with Crippen molar-refractivity contribution in [2.24, 2.45) is 5.84 Å². The SMILES string of the molecule is NN1CCC(c2nc3cncnc3nc2Cc2ccccc2)C1. The van der Waals surface area contributed by atoms with Gasteiger partial charge in [-0.25, -0.2) is 24.9 Å². The smallest absolute Gasteiger partial charge is 0.181 e. The van der Waals surface area contributed by atoms with Crippen molar-refractivity contribution in [1.29, 1.82) is 0 Å². The number of nitrogens with zero attached hydrogens (tertiary/aromatic N) is 5. The fourth-order valence-corrected chi connectivity index (χ4v) is 3.12. The molecule has 0 amide bonds. The maximum Gasteiger partial charge on any atom is 0.181 e. The zero-order valence-electron chi connectivity index (χ0n) is 12.8. The minimum absolute atomic E-state index is 0.316. The van der Waals surface area contributed by atoms with Gasteiger partial charge in [0, 0.05) is 25.4 Å². The highest BCUT2D eigenvalue weighted by atomic mass is 15.4. The van der Waals surface area contributed by atoms with Crippen LogP contribution < -0.4 is 5.84 Å². The van der Waals surface area contributed by atoms with Gasteiger partial charge in [0.15, 0.2) is 5.65 Å². The van der Waals surface area contributed by atoms with Crippen LogP contribution >= 0.6 is 0 Å². The predicted molar refractivity (Wildman–Crippen MR) is 87.5 cm³/mol. The Balaban J connectivity index is 1.79. The molecule has 1 aliphatic heterocycles. The second kappa shape index (κ2) is 5.98. The Morgan fingerprint density at radius 1 is 1.17 bits per heavy atom. The van der Waals surface area contributed by atoms with Gasteiger partial charge >= 0.3 is 0 Å². The van der Waals surface area contributed by atoms with Gasteiger partial charge in [0.2, 0.25) is 0 Å². The van der Waals surface area contributed by atoms with Crippen LogP contribution in [0.4, 0.5) is 0 Å². The number of hydrogen-bond donors (Lipinski definition) is 1. The number of nitrogens with two attached hydrogens (primary N) is 1. The van der Waals surface area contributed by atoms with E-state index in [0.717, 1.165) is 42.8 Å². The summed E-state index contributed by atoms with van der Waals surface area (Å²) in [7, 11) is 0. The van der Waals surface area contributed by atoms with Crippen LogP contribution in [-0.2, 0) is 6.42 Å². The zero-order valence-corrected chi connectivity index (χ0v) is 12.8.